The van der Waals surface area contributed by atoms with Crippen LogP contribution in [0.1, 0.15) is 0 Å². The maximum atomic E-state index is 6.43. The molecule has 272 valence electrons. The topological polar surface area (TPSA) is 93.6 Å². The number of hydrogen-bond acceptors (Lipinski definition) is 6. The van der Waals surface area contributed by atoms with Crippen molar-refractivity contribution in [2.75, 3.05) is 0 Å². The van der Waals surface area contributed by atoms with Crippen LogP contribution >= 0.6 is 11.6 Å². The molecule has 0 spiro atoms. The molecule has 4 aromatic heterocycles. The number of furan rings is 1. The maximum Gasteiger partial charge on any atom is 0.227 e. The first-order valence-electron chi connectivity index (χ1n) is 19.0. The highest BCUT2D eigenvalue weighted by Crippen LogP contribution is 2.39. The van der Waals surface area contributed by atoms with Crippen LogP contribution in [0.2, 0.25) is 5.02 Å². The Labute approximate surface area is 335 Å². The molecule has 1 N–H and O–H groups in total. The van der Waals surface area contributed by atoms with Gasteiger partial charge in [0.1, 0.15) is 16.7 Å². The van der Waals surface area contributed by atoms with Gasteiger partial charge >= 0.3 is 0 Å². The summed E-state index contributed by atoms with van der Waals surface area (Å²) in [6.07, 6.45) is 0. The largest absolute Gasteiger partial charge is 0.456 e. The standard InChI is InChI=1S/C50H28ClN5O2/c51-35-10-6-9-33(26-35)48-54-47(55-49(56-48)34-19-24-43-39(27-34)37-11-4-5-12-42(37)57-43)29-15-13-28(14-16-29)31-17-20-36-32(25-31)18-22-40-44(36)38-21-23-41-46(45(38)52-40)58-50(53-41)30-7-2-1-3-8-30/h1-27,52H. The molecule has 0 fully saturated rings. The number of nitrogens with zero attached hydrogens (tertiary/aromatic N) is 4. The van der Waals surface area contributed by atoms with E-state index in [2.05, 4.69) is 77.8 Å². The average Bonchev–Trinajstić information content (AvgIpc) is 4.00. The lowest BCUT2D eigenvalue weighted by Crippen LogP contribution is -2.00. The predicted octanol–water partition coefficient (Wildman–Crippen LogP) is 13.7. The Kier molecular flexibility index (Phi) is 7.15. The van der Waals surface area contributed by atoms with E-state index in [1.54, 1.807) is 0 Å². The lowest BCUT2D eigenvalue weighted by atomic mass is 9.97. The highest BCUT2D eigenvalue weighted by molar-refractivity contribution is 6.30. The molecule has 0 amide bonds. The van der Waals surface area contributed by atoms with Crippen molar-refractivity contribution in [3.05, 3.63) is 169 Å². The SMILES string of the molecule is Clc1cccc(-c2nc(-c3ccc(-c4ccc5c(ccc6[nH]c7c(ccc8nc(-c9ccccc9)oc87)c65)c4)cc3)nc(-c3ccc4oc5ccccc5c4c3)n2)c1. The molecule has 0 saturated carbocycles. The molecule has 0 radical (unpaired) electrons. The normalized spacial score (nSPS) is 11.9. The van der Waals surface area contributed by atoms with Crippen molar-refractivity contribution >= 4 is 77.2 Å². The Morgan fingerprint density at radius 3 is 1.97 bits per heavy atom. The Bertz CT molecular complexity index is 3590. The van der Waals surface area contributed by atoms with Crippen LogP contribution in [0.25, 0.3) is 122 Å². The van der Waals surface area contributed by atoms with Gasteiger partial charge in [0.2, 0.25) is 5.89 Å². The van der Waals surface area contributed by atoms with E-state index in [9.17, 15) is 0 Å². The molecule has 7 nitrogen and oxygen atoms in total. The molecule has 8 heteroatoms. The van der Waals surface area contributed by atoms with Gasteiger partial charge in [0.05, 0.1) is 5.52 Å². The fourth-order valence-corrected chi connectivity index (χ4v) is 8.32. The molecule has 8 aromatic carbocycles. The summed E-state index contributed by atoms with van der Waals surface area (Å²) in [5.41, 5.74) is 10.9. The van der Waals surface area contributed by atoms with Gasteiger partial charge in [-0.3, -0.25) is 0 Å². The summed E-state index contributed by atoms with van der Waals surface area (Å²) in [4.78, 5) is 23.3. The van der Waals surface area contributed by atoms with E-state index < -0.39 is 0 Å². The predicted molar refractivity (Wildman–Crippen MR) is 234 cm³/mol. The fourth-order valence-electron chi connectivity index (χ4n) is 8.13. The fraction of sp³-hybridized carbons (Fsp3) is 0. The van der Waals surface area contributed by atoms with Crippen LogP contribution in [0.4, 0.5) is 0 Å². The van der Waals surface area contributed by atoms with E-state index in [0.29, 0.717) is 28.4 Å². The number of H-pyrrole nitrogens is 1. The van der Waals surface area contributed by atoms with E-state index in [1.165, 1.54) is 5.39 Å². The van der Waals surface area contributed by atoms with Crippen LogP contribution in [0, 0.1) is 0 Å². The third kappa shape index (κ3) is 5.29. The maximum absolute atomic E-state index is 6.43. The minimum Gasteiger partial charge on any atom is -0.456 e. The minimum atomic E-state index is 0.544. The highest BCUT2D eigenvalue weighted by atomic mass is 35.5. The molecule has 0 atom stereocenters. The first-order chi connectivity index (χ1) is 28.6. The summed E-state index contributed by atoms with van der Waals surface area (Å²) in [7, 11) is 0. The van der Waals surface area contributed by atoms with Crippen molar-refractivity contribution in [3.8, 4) is 56.7 Å². The molecule has 4 heterocycles. The van der Waals surface area contributed by atoms with Gasteiger partial charge in [-0.15, -0.1) is 0 Å². The summed E-state index contributed by atoms with van der Waals surface area (Å²) in [5, 5.41) is 7.25. The van der Waals surface area contributed by atoms with E-state index in [-0.39, 0.29) is 0 Å². The molecular formula is C50H28ClN5O2. The van der Waals surface area contributed by atoms with Crippen molar-refractivity contribution in [2.45, 2.75) is 0 Å². The van der Waals surface area contributed by atoms with E-state index in [4.69, 9.17) is 40.4 Å². The number of oxazole rings is 1. The number of rotatable bonds is 5. The number of aromatic nitrogens is 5. The monoisotopic (exact) mass is 765 g/mol. The van der Waals surface area contributed by atoms with Gasteiger partial charge in [0.25, 0.3) is 0 Å². The lowest BCUT2D eigenvalue weighted by molar-refractivity contribution is 0.622. The van der Waals surface area contributed by atoms with Crippen LogP contribution < -0.4 is 0 Å². The second-order valence-electron chi connectivity index (χ2n) is 14.5. The quantitative estimate of drug-likeness (QED) is 0.187. The second kappa shape index (κ2) is 12.7. The third-order valence-corrected chi connectivity index (χ3v) is 11.2. The molecule has 0 aliphatic rings. The zero-order valence-corrected chi connectivity index (χ0v) is 31.3. The van der Waals surface area contributed by atoms with E-state index in [0.717, 1.165) is 93.6 Å². The number of para-hydroxylation sites is 1. The van der Waals surface area contributed by atoms with Gasteiger partial charge in [-0.2, -0.15) is 0 Å². The smallest absolute Gasteiger partial charge is 0.227 e. The zero-order valence-electron chi connectivity index (χ0n) is 30.6. The van der Waals surface area contributed by atoms with Crippen molar-refractivity contribution in [3.63, 3.8) is 0 Å². The van der Waals surface area contributed by atoms with Gasteiger partial charge in [-0.1, -0.05) is 103 Å². The molecule has 12 aromatic rings. The molecule has 0 saturated heterocycles. The number of fused-ring (bicyclic) bond motifs is 10. The van der Waals surface area contributed by atoms with Gasteiger partial charge in [0.15, 0.2) is 23.1 Å². The first kappa shape index (κ1) is 32.6. The highest BCUT2D eigenvalue weighted by Gasteiger charge is 2.18. The Morgan fingerprint density at radius 1 is 0.431 bits per heavy atom. The van der Waals surface area contributed by atoms with Gasteiger partial charge in [-0.25, -0.2) is 19.9 Å². The average molecular weight is 766 g/mol. The number of benzene rings is 8. The van der Waals surface area contributed by atoms with E-state index in [1.807, 2.05) is 91.0 Å². The molecule has 12 rings (SSSR count). The first-order valence-corrected chi connectivity index (χ1v) is 19.4. The summed E-state index contributed by atoms with van der Waals surface area (Å²) in [6.45, 7) is 0. The number of hydrogen-bond donors (Lipinski definition) is 1. The number of aromatic amines is 1. The third-order valence-electron chi connectivity index (χ3n) is 11.0. The summed E-state index contributed by atoms with van der Waals surface area (Å²) >= 11 is 6.43. The molecule has 0 unspecified atom stereocenters. The van der Waals surface area contributed by atoms with Crippen LogP contribution in [0.5, 0.6) is 0 Å². The van der Waals surface area contributed by atoms with Gasteiger partial charge in [-0.05, 0) is 94.7 Å². The number of nitrogens with one attached hydrogen (secondary N) is 1. The van der Waals surface area contributed by atoms with Crippen LogP contribution in [-0.2, 0) is 0 Å². The molecule has 0 aliphatic heterocycles. The van der Waals surface area contributed by atoms with Crippen molar-refractivity contribution in [1.82, 2.24) is 24.9 Å². The van der Waals surface area contributed by atoms with Crippen molar-refractivity contribution in [2.24, 2.45) is 0 Å². The van der Waals surface area contributed by atoms with Crippen molar-refractivity contribution in [1.29, 1.82) is 0 Å². The Hall–Kier alpha value is -7.61. The van der Waals surface area contributed by atoms with E-state index >= 15 is 0 Å². The summed E-state index contributed by atoms with van der Waals surface area (Å²) in [6, 6.07) is 55.2. The zero-order chi connectivity index (χ0) is 38.3. The molecular weight excluding hydrogens is 738 g/mol. The van der Waals surface area contributed by atoms with Gasteiger partial charge < -0.3 is 13.8 Å². The van der Waals surface area contributed by atoms with Crippen LogP contribution in [0.3, 0.4) is 0 Å². The van der Waals surface area contributed by atoms with Crippen molar-refractivity contribution < 1.29 is 8.83 Å². The number of halogens is 1. The Balaban J connectivity index is 0.922. The Morgan fingerprint density at radius 2 is 1.12 bits per heavy atom. The lowest BCUT2D eigenvalue weighted by Gasteiger charge is -2.10. The second-order valence-corrected chi connectivity index (χ2v) is 14.9. The van der Waals surface area contributed by atoms with Crippen LogP contribution in [-0.4, -0.2) is 24.9 Å². The van der Waals surface area contributed by atoms with Crippen LogP contribution in [0.15, 0.2) is 173 Å². The molecule has 58 heavy (non-hydrogen) atoms. The summed E-state index contributed by atoms with van der Waals surface area (Å²) < 4.78 is 12.5. The van der Waals surface area contributed by atoms with Gasteiger partial charge in [0, 0.05) is 54.3 Å². The molecule has 0 bridgehead atoms. The summed E-state index contributed by atoms with van der Waals surface area (Å²) in [5.74, 6) is 2.29. The molecule has 0 aliphatic carbocycles. The minimum absolute atomic E-state index is 0.544.